The van der Waals surface area contributed by atoms with E-state index in [0.29, 0.717) is 36.0 Å². The van der Waals surface area contributed by atoms with E-state index in [1.54, 1.807) is 19.2 Å². The number of Topliss-reactive ketones (excluding diaryl/α,β-unsaturated/α-hetero) is 1. The molecule has 0 aromatic heterocycles. The number of carbonyl (C=O) groups is 1. The van der Waals surface area contributed by atoms with Gasteiger partial charge < -0.3 is 19.9 Å². The van der Waals surface area contributed by atoms with Crippen LogP contribution >= 0.6 is 0 Å². The normalized spacial score (nSPS) is 10.1. The second kappa shape index (κ2) is 6.10. The molecule has 0 saturated carbocycles. The minimum Gasteiger partial charge on any atom is -0.493 e. The van der Waals surface area contributed by atoms with E-state index in [1.165, 1.54) is 14.0 Å². The van der Waals surface area contributed by atoms with Crippen LogP contribution in [0.3, 0.4) is 0 Å². The lowest BCUT2D eigenvalue weighted by molar-refractivity contribution is 0.101. The zero-order valence-corrected chi connectivity index (χ0v) is 10.3. The van der Waals surface area contributed by atoms with Gasteiger partial charge in [0, 0.05) is 24.4 Å². The summed E-state index contributed by atoms with van der Waals surface area (Å²) in [5.41, 5.74) is 6.55. The van der Waals surface area contributed by atoms with Crippen molar-refractivity contribution in [3.63, 3.8) is 0 Å². The fourth-order valence-electron chi connectivity index (χ4n) is 1.39. The third-order valence-corrected chi connectivity index (χ3v) is 2.26. The number of carbonyl (C=O) groups excluding carboxylic acids is 1. The first kappa shape index (κ1) is 13.3. The smallest absolute Gasteiger partial charge is 0.162 e. The van der Waals surface area contributed by atoms with Crippen molar-refractivity contribution in [3.8, 4) is 11.5 Å². The van der Waals surface area contributed by atoms with Crippen LogP contribution in [0.4, 0.5) is 5.69 Å². The van der Waals surface area contributed by atoms with Gasteiger partial charge in [-0.2, -0.15) is 0 Å². The van der Waals surface area contributed by atoms with E-state index in [-0.39, 0.29) is 5.78 Å². The van der Waals surface area contributed by atoms with Crippen molar-refractivity contribution in [1.82, 2.24) is 0 Å². The van der Waals surface area contributed by atoms with E-state index in [4.69, 9.17) is 19.9 Å². The lowest BCUT2D eigenvalue weighted by atomic mass is 10.1. The van der Waals surface area contributed by atoms with E-state index < -0.39 is 0 Å². The fourth-order valence-corrected chi connectivity index (χ4v) is 1.39. The molecule has 5 nitrogen and oxygen atoms in total. The van der Waals surface area contributed by atoms with Crippen LogP contribution in [0.2, 0.25) is 0 Å². The second-order valence-corrected chi connectivity index (χ2v) is 3.49. The van der Waals surface area contributed by atoms with Crippen LogP contribution in [0.25, 0.3) is 0 Å². The molecule has 0 atom stereocenters. The largest absolute Gasteiger partial charge is 0.493 e. The Labute approximate surface area is 100 Å². The lowest BCUT2D eigenvalue weighted by Gasteiger charge is -2.13. The zero-order chi connectivity index (χ0) is 12.8. The standard InChI is InChI=1S/C12H17NO4/c1-8(14)9-6-12(17-5-4-15-2)11(16-3)7-10(9)13/h6-7H,4-5,13H2,1-3H3. The van der Waals surface area contributed by atoms with Gasteiger partial charge >= 0.3 is 0 Å². The number of anilines is 1. The van der Waals surface area contributed by atoms with Crippen molar-refractivity contribution in [2.75, 3.05) is 33.2 Å². The van der Waals surface area contributed by atoms with Gasteiger partial charge in [-0.05, 0) is 13.0 Å². The van der Waals surface area contributed by atoms with Crippen molar-refractivity contribution < 1.29 is 19.0 Å². The Morgan fingerprint density at radius 2 is 1.94 bits per heavy atom. The summed E-state index contributed by atoms with van der Waals surface area (Å²) in [5.74, 6) is 0.884. The molecule has 0 amide bonds. The van der Waals surface area contributed by atoms with Gasteiger partial charge in [0.15, 0.2) is 17.3 Å². The molecule has 1 aromatic rings. The molecule has 0 unspecified atom stereocenters. The maximum Gasteiger partial charge on any atom is 0.162 e. The topological polar surface area (TPSA) is 70.8 Å². The van der Waals surface area contributed by atoms with Crippen LogP contribution in [-0.2, 0) is 4.74 Å². The third-order valence-electron chi connectivity index (χ3n) is 2.26. The fraction of sp³-hybridized carbons (Fsp3) is 0.417. The highest BCUT2D eigenvalue weighted by Gasteiger charge is 2.12. The maximum absolute atomic E-state index is 11.3. The Kier molecular flexibility index (Phi) is 4.78. The van der Waals surface area contributed by atoms with Gasteiger partial charge in [-0.3, -0.25) is 4.79 Å². The number of methoxy groups -OCH3 is 2. The molecule has 17 heavy (non-hydrogen) atoms. The molecular weight excluding hydrogens is 222 g/mol. The highest BCUT2D eigenvalue weighted by atomic mass is 16.5. The number of benzene rings is 1. The Morgan fingerprint density at radius 3 is 2.47 bits per heavy atom. The number of nitrogens with two attached hydrogens (primary N) is 1. The second-order valence-electron chi connectivity index (χ2n) is 3.49. The molecule has 2 N–H and O–H groups in total. The molecule has 0 bridgehead atoms. The van der Waals surface area contributed by atoms with Gasteiger partial charge in [0.25, 0.3) is 0 Å². The summed E-state index contributed by atoms with van der Waals surface area (Å²) in [6.45, 7) is 2.30. The minimum atomic E-state index is -0.109. The molecule has 1 rings (SSSR count). The van der Waals surface area contributed by atoms with Crippen LogP contribution < -0.4 is 15.2 Å². The van der Waals surface area contributed by atoms with Gasteiger partial charge in [-0.25, -0.2) is 0 Å². The van der Waals surface area contributed by atoms with Crippen molar-refractivity contribution in [3.05, 3.63) is 17.7 Å². The Balaban J connectivity index is 2.99. The van der Waals surface area contributed by atoms with E-state index in [2.05, 4.69) is 0 Å². The number of ether oxygens (including phenoxy) is 3. The summed E-state index contributed by atoms with van der Waals surface area (Å²) in [7, 11) is 3.11. The molecule has 0 spiro atoms. The van der Waals surface area contributed by atoms with Gasteiger partial charge in [-0.15, -0.1) is 0 Å². The van der Waals surface area contributed by atoms with E-state index in [1.807, 2.05) is 0 Å². The molecular formula is C12H17NO4. The molecule has 5 heteroatoms. The summed E-state index contributed by atoms with van der Waals surface area (Å²) in [6.07, 6.45) is 0. The monoisotopic (exact) mass is 239 g/mol. The maximum atomic E-state index is 11.3. The molecule has 1 aromatic carbocycles. The zero-order valence-electron chi connectivity index (χ0n) is 10.3. The third kappa shape index (κ3) is 3.35. The van der Waals surface area contributed by atoms with Crippen molar-refractivity contribution in [2.45, 2.75) is 6.92 Å². The molecule has 0 saturated heterocycles. The van der Waals surface area contributed by atoms with Gasteiger partial charge in [0.05, 0.1) is 13.7 Å². The van der Waals surface area contributed by atoms with Crippen LogP contribution in [0.5, 0.6) is 11.5 Å². The van der Waals surface area contributed by atoms with E-state index >= 15 is 0 Å². The highest BCUT2D eigenvalue weighted by Crippen LogP contribution is 2.32. The Morgan fingerprint density at radius 1 is 1.24 bits per heavy atom. The minimum absolute atomic E-state index is 0.109. The predicted molar refractivity (Wildman–Crippen MR) is 64.8 cm³/mol. The van der Waals surface area contributed by atoms with Crippen LogP contribution in [0.15, 0.2) is 12.1 Å². The molecule has 0 radical (unpaired) electrons. The number of hydrogen-bond acceptors (Lipinski definition) is 5. The van der Waals surface area contributed by atoms with Gasteiger partial charge in [-0.1, -0.05) is 0 Å². The first-order chi connectivity index (χ1) is 8.10. The Bertz CT molecular complexity index is 404. The molecule has 94 valence electrons. The summed E-state index contributed by atoms with van der Waals surface area (Å²) < 4.78 is 15.5. The van der Waals surface area contributed by atoms with Crippen LogP contribution in [0, 0.1) is 0 Å². The molecule has 0 heterocycles. The average molecular weight is 239 g/mol. The van der Waals surface area contributed by atoms with E-state index in [9.17, 15) is 4.79 Å². The van der Waals surface area contributed by atoms with Crippen LogP contribution in [-0.4, -0.2) is 33.2 Å². The first-order valence-corrected chi connectivity index (χ1v) is 5.20. The summed E-state index contributed by atoms with van der Waals surface area (Å²) >= 11 is 0. The first-order valence-electron chi connectivity index (χ1n) is 5.20. The van der Waals surface area contributed by atoms with Crippen molar-refractivity contribution in [1.29, 1.82) is 0 Å². The lowest BCUT2D eigenvalue weighted by Crippen LogP contribution is -2.07. The van der Waals surface area contributed by atoms with Gasteiger partial charge in [0.1, 0.15) is 6.61 Å². The van der Waals surface area contributed by atoms with Crippen LogP contribution in [0.1, 0.15) is 17.3 Å². The highest BCUT2D eigenvalue weighted by molar-refractivity contribution is 5.99. The number of nitrogen functional groups attached to an aromatic ring is 1. The predicted octanol–water partition coefficient (Wildman–Crippen LogP) is 1.51. The SMILES string of the molecule is COCCOc1cc(C(C)=O)c(N)cc1OC. The van der Waals surface area contributed by atoms with Crippen molar-refractivity contribution in [2.24, 2.45) is 0 Å². The number of hydrogen-bond donors (Lipinski definition) is 1. The Hall–Kier alpha value is -1.75. The molecule has 0 aliphatic carbocycles. The summed E-state index contributed by atoms with van der Waals surface area (Å²) in [4.78, 5) is 11.3. The summed E-state index contributed by atoms with van der Waals surface area (Å²) in [5, 5.41) is 0. The summed E-state index contributed by atoms with van der Waals surface area (Å²) in [6, 6.07) is 3.17. The number of rotatable bonds is 6. The quantitative estimate of drug-likeness (QED) is 0.463. The number of ketones is 1. The molecule has 0 fully saturated rings. The molecule has 0 aliphatic rings. The van der Waals surface area contributed by atoms with Crippen molar-refractivity contribution >= 4 is 11.5 Å². The average Bonchev–Trinajstić information content (AvgIpc) is 2.30. The van der Waals surface area contributed by atoms with Gasteiger partial charge in [0.2, 0.25) is 0 Å². The molecule has 0 aliphatic heterocycles. The van der Waals surface area contributed by atoms with E-state index in [0.717, 1.165) is 0 Å².